The summed E-state index contributed by atoms with van der Waals surface area (Å²) >= 11 is 6.04. The van der Waals surface area contributed by atoms with E-state index in [0.29, 0.717) is 25.6 Å². The molecule has 0 aliphatic carbocycles. The number of hydrogen-bond acceptors (Lipinski definition) is 6. The molecule has 2 aromatic carbocycles. The average molecular weight is 508 g/mol. The summed E-state index contributed by atoms with van der Waals surface area (Å²) in [6.45, 7) is 0. The van der Waals surface area contributed by atoms with Crippen molar-refractivity contribution >= 4 is 67.0 Å². The van der Waals surface area contributed by atoms with E-state index >= 15 is 0 Å². The Hall–Kier alpha value is -2.94. The highest BCUT2D eigenvalue weighted by Gasteiger charge is 2.35. The Kier molecular flexibility index (Phi) is 5.59. The van der Waals surface area contributed by atoms with Gasteiger partial charge in [-0.15, -0.1) is 11.3 Å². The van der Waals surface area contributed by atoms with Gasteiger partial charge >= 0.3 is 0 Å². The number of thioether (sulfide) groups is 1. The fraction of sp³-hybridized carbons (Fsp3) is 0. The number of furan rings is 1. The number of carbonyl (C=O) groups is 1. The number of nitrogens with zero attached hydrogens (tertiary/aromatic N) is 3. The van der Waals surface area contributed by atoms with Crippen molar-refractivity contribution in [2.24, 2.45) is 4.99 Å². The molecule has 0 saturated carbocycles. The van der Waals surface area contributed by atoms with Crippen molar-refractivity contribution in [1.82, 2.24) is 4.98 Å². The van der Waals surface area contributed by atoms with Crippen LogP contribution >= 0.6 is 39.0 Å². The summed E-state index contributed by atoms with van der Waals surface area (Å²) in [7, 11) is 0. The number of para-hydroxylation sites is 1. The van der Waals surface area contributed by atoms with Gasteiger partial charge in [0.2, 0.25) is 5.13 Å². The minimum atomic E-state index is -0.151. The van der Waals surface area contributed by atoms with E-state index in [1.807, 2.05) is 66.0 Å². The van der Waals surface area contributed by atoms with Gasteiger partial charge in [0.1, 0.15) is 5.76 Å². The van der Waals surface area contributed by atoms with Crippen LogP contribution in [0.3, 0.4) is 0 Å². The van der Waals surface area contributed by atoms with Gasteiger partial charge in [-0.25, -0.2) is 4.98 Å². The highest BCUT2D eigenvalue weighted by atomic mass is 79.9. The Bertz CT molecular complexity index is 1300. The molecule has 1 aliphatic rings. The van der Waals surface area contributed by atoms with Gasteiger partial charge in [0, 0.05) is 17.0 Å². The van der Waals surface area contributed by atoms with Gasteiger partial charge in [0.15, 0.2) is 9.84 Å². The lowest BCUT2D eigenvalue weighted by molar-refractivity contribution is -0.113. The van der Waals surface area contributed by atoms with Crippen molar-refractivity contribution in [3.8, 4) is 11.3 Å². The molecule has 1 aliphatic heterocycles. The third-order valence-corrected chi connectivity index (χ3v) is 6.57. The predicted octanol–water partition coefficient (Wildman–Crippen LogP) is 6.97. The van der Waals surface area contributed by atoms with E-state index < -0.39 is 0 Å². The zero-order chi connectivity index (χ0) is 21.2. The number of rotatable bonds is 4. The third kappa shape index (κ3) is 4.27. The standard InChI is InChI=1S/C23H14BrN3O2S2/c24-20-12-11-17(29-20)13-19-21(28)27(16-9-5-2-6-10-16)23(31-19)26-22-25-18(14-30-22)15-7-3-1-4-8-15/h1-14H/b19-13+,26-23+. The van der Waals surface area contributed by atoms with Crippen LogP contribution < -0.4 is 4.90 Å². The fourth-order valence-electron chi connectivity index (χ4n) is 3.03. The number of thiazole rings is 1. The van der Waals surface area contributed by atoms with Crippen LogP contribution in [0.25, 0.3) is 17.3 Å². The SMILES string of the molecule is O=C1/C(=C\c2ccc(Br)o2)S/C(=N/c2nc(-c3ccccc3)cs2)N1c1ccccc1. The molecule has 0 radical (unpaired) electrons. The summed E-state index contributed by atoms with van der Waals surface area (Å²) in [5.74, 6) is 0.444. The second kappa shape index (κ2) is 8.66. The van der Waals surface area contributed by atoms with E-state index in [2.05, 4.69) is 20.9 Å². The molecule has 0 bridgehead atoms. The molecular formula is C23H14BrN3O2S2. The first-order valence-corrected chi connectivity index (χ1v) is 11.8. The van der Waals surface area contributed by atoms with Crippen LogP contribution in [0.1, 0.15) is 5.76 Å². The lowest BCUT2D eigenvalue weighted by atomic mass is 10.2. The highest BCUT2D eigenvalue weighted by Crippen LogP contribution is 2.38. The Labute approximate surface area is 195 Å². The monoisotopic (exact) mass is 507 g/mol. The van der Waals surface area contributed by atoms with Gasteiger partial charge in [0.25, 0.3) is 5.91 Å². The van der Waals surface area contributed by atoms with Crippen molar-refractivity contribution in [2.45, 2.75) is 0 Å². The molecule has 3 heterocycles. The quantitative estimate of drug-likeness (QED) is 0.279. The van der Waals surface area contributed by atoms with Crippen LogP contribution in [0, 0.1) is 0 Å². The van der Waals surface area contributed by atoms with Gasteiger partial charge in [-0.3, -0.25) is 9.69 Å². The van der Waals surface area contributed by atoms with E-state index in [4.69, 9.17) is 9.41 Å². The van der Waals surface area contributed by atoms with E-state index in [1.54, 1.807) is 23.1 Å². The third-order valence-electron chi connectivity index (χ3n) is 4.44. The van der Waals surface area contributed by atoms with E-state index in [-0.39, 0.29) is 5.91 Å². The first-order chi connectivity index (χ1) is 15.2. The smallest absolute Gasteiger partial charge is 0.271 e. The molecule has 0 N–H and O–H groups in total. The number of benzene rings is 2. The number of hydrogen-bond donors (Lipinski definition) is 0. The molecule has 0 unspecified atom stereocenters. The first kappa shape index (κ1) is 20.0. The van der Waals surface area contributed by atoms with E-state index in [9.17, 15) is 4.79 Å². The Morgan fingerprint density at radius 1 is 1.00 bits per heavy atom. The highest BCUT2D eigenvalue weighted by molar-refractivity contribution is 9.10. The molecule has 0 atom stereocenters. The topological polar surface area (TPSA) is 58.7 Å². The maximum absolute atomic E-state index is 13.2. The summed E-state index contributed by atoms with van der Waals surface area (Å²) < 4.78 is 6.16. The molecule has 1 fully saturated rings. The predicted molar refractivity (Wildman–Crippen MR) is 131 cm³/mol. The van der Waals surface area contributed by atoms with Gasteiger partial charge in [-0.05, 0) is 52.0 Å². The minimum absolute atomic E-state index is 0.151. The molecule has 5 nitrogen and oxygen atoms in total. The normalized spacial score (nSPS) is 16.5. The molecule has 1 saturated heterocycles. The van der Waals surface area contributed by atoms with Crippen molar-refractivity contribution in [3.63, 3.8) is 0 Å². The van der Waals surface area contributed by atoms with Gasteiger partial charge in [-0.2, -0.15) is 4.99 Å². The van der Waals surface area contributed by atoms with Crippen molar-refractivity contribution in [3.05, 3.63) is 93.5 Å². The number of carbonyl (C=O) groups excluding carboxylic acids is 1. The summed E-state index contributed by atoms with van der Waals surface area (Å²) in [5.41, 5.74) is 2.65. The van der Waals surface area contributed by atoms with E-state index in [1.165, 1.54) is 23.1 Å². The lowest BCUT2D eigenvalue weighted by Crippen LogP contribution is -2.28. The number of halogens is 1. The molecule has 152 valence electrons. The molecule has 5 rings (SSSR count). The first-order valence-electron chi connectivity index (χ1n) is 9.31. The van der Waals surface area contributed by atoms with Crippen molar-refractivity contribution in [1.29, 1.82) is 0 Å². The van der Waals surface area contributed by atoms with E-state index in [0.717, 1.165) is 16.9 Å². The Morgan fingerprint density at radius 2 is 1.74 bits per heavy atom. The molecular weight excluding hydrogens is 494 g/mol. The zero-order valence-corrected chi connectivity index (χ0v) is 19.2. The van der Waals surface area contributed by atoms with Crippen LogP contribution in [0.4, 0.5) is 10.8 Å². The number of aromatic nitrogens is 1. The number of anilines is 1. The summed E-state index contributed by atoms with van der Waals surface area (Å²) in [6, 6.07) is 23.0. The second-order valence-electron chi connectivity index (χ2n) is 6.50. The average Bonchev–Trinajstić information content (AvgIpc) is 3.50. The van der Waals surface area contributed by atoms with Crippen LogP contribution in [0.15, 0.2) is 97.2 Å². The molecule has 1 amide bonds. The largest absolute Gasteiger partial charge is 0.450 e. The minimum Gasteiger partial charge on any atom is -0.450 e. The summed E-state index contributed by atoms with van der Waals surface area (Å²) in [4.78, 5) is 24.7. The zero-order valence-electron chi connectivity index (χ0n) is 15.9. The van der Waals surface area contributed by atoms with Crippen LogP contribution in [-0.2, 0) is 4.79 Å². The maximum atomic E-state index is 13.2. The number of aliphatic imine (C=N–C) groups is 1. The molecule has 4 aromatic rings. The fourth-order valence-corrected chi connectivity index (χ4v) is 5.06. The van der Waals surface area contributed by atoms with Crippen LogP contribution in [0.2, 0.25) is 0 Å². The van der Waals surface area contributed by atoms with Gasteiger partial charge in [-0.1, -0.05) is 48.5 Å². The van der Waals surface area contributed by atoms with Crippen molar-refractivity contribution in [2.75, 3.05) is 4.90 Å². The van der Waals surface area contributed by atoms with Crippen molar-refractivity contribution < 1.29 is 9.21 Å². The van der Waals surface area contributed by atoms with Gasteiger partial charge < -0.3 is 4.42 Å². The lowest BCUT2D eigenvalue weighted by Gasteiger charge is -2.14. The maximum Gasteiger partial charge on any atom is 0.271 e. The van der Waals surface area contributed by atoms with Gasteiger partial charge in [0.05, 0.1) is 16.3 Å². The van der Waals surface area contributed by atoms with Crippen LogP contribution in [0.5, 0.6) is 0 Å². The number of amides is 1. The summed E-state index contributed by atoms with van der Waals surface area (Å²) in [5, 5.41) is 3.12. The molecule has 31 heavy (non-hydrogen) atoms. The second-order valence-corrected chi connectivity index (χ2v) is 9.13. The molecule has 2 aromatic heterocycles. The Balaban J connectivity index is 1.53. The van der Waals surface area contributed by atoms with Crippen LogP contribution in [-0.4, -0.2) is 16.1 Å². The summed E-state index contributed by atoms with van der Waals surface area (Å²) in [6.07, 6.45) is 1.73. The number of amidine groups is 1. The molecule has 8 heteroatoms. The molecule has 0 spiro atoms. The Morgan fingerprint density at radius 3 is 2.45 bits per heavy atom.